The summed E-state index contributed by atoms with van der Waals surface area (Å²) in [4.78, 5) is 26.1. The summed E-state index contributed by atoms with van der Waals surface area (Å²) in [6, 6.07) is 14.2. The van der Waals surface area contributed by atoms with Crippen molar-refractivity contribution in [1.82, 2.24) is 4.90 Å². The highest BCUT2D eigenvalue weighted by molar-refractivity contribution is 5.93. The molecule has 2 aliphatic rings. The van der Waals surface area contributed by atoms with Gasteiger partial charge in [-0.05, 0) is 47.2 Å². The summed E-state index contributed by atoms with van der Waals surface area (Å²) in [5, 5.41) is 3.07. The average Bonchev–Trinajstić information content (AvgIpc) is 3.17. The highest BCUT2D eigenvalue weighted by Gasteiger charge is 2.24. The van der Waals surface area contributed by atoms with Crippen LogP contribution in [0.4, 0.5) is 5.69 Å². The Morgan fingerprint density at radius 3 is 2.67 bits per heavy atom. The quantitative estimate of drug-likeness (QED) is 0.724. The number of nitrogens with two attached hydrogens (primary N) is 1. The third-order valence-corrected chi connectivity index (χ3v) is 5.84. The lowest BCUT2D eigenvalue weighted by Crippen LogP contribution is -2.28. The summed E-state index contributed by atoms with van der Waals surface area (Å²) in [7, 11) is 0. The van der Waals surface area contributed by atoms with Gasteiger partial charge in [-0.15, -0.1) is 0 Å². The normalized spacial score (nSPS) is 16.8. The van der Waals surface area contributed by atoms with Gasteiger partial charge >= 0.3 is 0 Å². The lowest BCUT2D eigenvalue weighted by molar-refractivity contribution is -0.122. The smallest absolute Gasteiger partial charge is 0.245 e. The second-order valence-corrected chi connectivity index (χ2v) is 8.01. The Balaban J connectivity index is 1.51. The average molecular weight is 405 g/mol. The molecule has 0 atom stereocenters. The molecule has 2 aromatic rings. The minimum absolute atomic E-state index is 0.00953. The van der Waals surface area contributed by atoms with Crippen molar-refractivity contribution in [1.29, 1.82) is 0 Å². The zero-order valence-electron chi connectivity index (χ0n) is 17.0. The molecule has 6 heteroatoms. The van der Waals surface area contributed by atoms with Crippen LogP contribution in [0.15, 0.2) is 54.6 Å². The lowest BCUT2D eigenvalue weighted by Gasteiger charge is -2.21. The van der Waals surface area contributed by atoms with Gasteiger partial charge in [-0.1, -0.05) is 36.9 Å². The molecule has 2 aliphatic heterocycles. The molecule has 156 valence electrons. The van der Waals surface area contributed by atoms with Crippen LogP contribution in [0, 0.1) is 5.92 Å². The van der Waals surface area contributed by atoms with Crippen LogP contribution in [0.2, 0.25) is 0 Å². The first-order valence-corrected chi connectivity index (χ1v) is 10.3. The second-order valence-electron chi connectivity index (χ2n) is 8.01. The van der Waals surface area contributed by atoms with Crippen LogP contribution in [0.3, 0.4) is 0 Å². The van der Waals surface area contributed by atoms with Crippen LogP contribution < -0.4 is 11.1 Å². The fraction of sp³-hybridized carbons (Fsp3) is 0.333. The molecule has 0 unspecified atom stereocenters. The number of hydrogen-bond acceptors (Lipinski definition) is 4. The molecular formula is C24H27N3O3. The van der Waals surface area contributed by atoms with Crippen molar-refractivity contribution in [2.75, 3.05) is 25.1 Å². The minimum Gasteiger partial charge on any atom is -0.381 e. The Hall–Kier alpha value is -2.96. The van der Waals surface area contributed by atoms with Crippen molar-refractivity contribution < 1.29 is 14.3 Å². The molecule has 6 nitrogen and oxygen atoms in total. The maximum absolute atomic E-state index is 12.6. The number of benzene rings is 2. The van der Waals surface area contributed by atoms with Gasteiger partial charge in [-0.3, -0.25) is 14.5 Å². The number of nitrogens with one attached hydrogen (secondary N) is 1. The van der Waals surface area contributed by atoms with Crippen LogP contribution in [-0.2, 0) is 27.4 Å². The molecule has 4 rings (SSSR count). The van der Waals surface area contributed by atoms with Crippen LogP contribution in [0.1, 0.15) is 24.0 Å². The number of primary amides is 1. The van der Waals surface area contributed by atoms with Crippen molar-refractivity contribution >= 4 is 17.5 Å². The zero-order valence-corrected chi connectivity index (χ0v) is 17.0. The number of carbonyl (C=O) groups excluding carboxylic acids is 2. The van der Waals surface area contributed by atoms with Crippen molar-refractivity contribution in [3.8, 4) is 11.1 Å². The fourth-order valence-corrected chi connectivity index (χ4v) is 4.19. The predicted molar refractivity (Wildman–Crippen MR) is 116 cm³/mol. The lowest BCUT2D eigenvalue weighted by atomic mass is 9.96. The molecule has 0 aliphatic carbocycles. The number of fused-ring (bicyclic) bond motifs is 1. The second kappa shape index (κ2) is 8.81. The van der Waals surface area contributed by atoms with Gasteiger partial charge in [0.1, 0.15) is 0 Å². The number of ether oxygens (including phenoxy) is 1. The Bertz CT molecular complexity index is 979. The van der Waals surface area contributed by atoms with Gasteiger partial charge in [-0.2, -0.15) is 0 Å². The van der Waals surface area contributed by atoms with Crippen LogP contribution in [0.25, 0.3) is 11.1 Å². The zero-order chi connectivity index (χ0) is 21.1. The molecule has 2 aromatic carbocycles. The van der Waals surface area contributed by atoms with Crippen LogP contribution in [-0.4, -0.2) is 36.5 Å². The van der Waals surface area contributed by atoms with Gasteiger partial charge in [0.25, 0.3) is 0 Å². The monoisotopic (exact) mass is 405 g/mol. The van der Waals surface area contributed by atoms with E-state index in [-0.39, 0.29) is 11.8 Å². The summed E-state index contributed by atoms with van der Waals surface area (Å²) in [5.74, 6) is -0.390. The largest absolute Gasteiger partial charge is 0.381 e. The van der Waals surface area contributed by atoms with Crippen molar-refractivity contribution in [3.63, 3.8) is 0 Å². The van der Waals surface area contributed by atoms with E-state index in [0.717, 1.165) is 42.7 Å². The summed E-state index contributed by atoms with van der Waals surface area (Å²) < 4.78 is 5.35. The van der Waals surface area contributed by atoms with Crippen molar-refractivity contribution in [2.45, 2.75) is 25.9 Å². The number of hydrogen-bond donors (Lipinski definition) is 2. The van der Waals surface area contributed by atoms with Gasteiger partial charge in [0.2, 0.25) is 11.8 Å². The number of nitrogens with zero attached hydrogens (tertiary/aromatic N) is 1. The molecule has 0 bridgehead atoms. The van der Waals surface area contributed by atoms with Gasteiger partial charge in [0, 0.05) is 50.0 Å². The molecule has 30 heavy (non-hydrogen) atoms. The summed E-state index contributed by atoms with van der Waals surface area (Å²) in [6.07, 6.45) is 1.54. The van der Waals surface area contributed by atoms with Crippen LogP contribution >= 0.6 is 0 Å². The molecule has 3 N–H and O–H groups in total. The van der Waals surface area contributed by atoms with E-state index >= 15 is 0 Å². The minimum atomic E-state index is -0.459. The Kier molecular flexibility index (Phi) is 5.97. The SMILES string of the molecule is C=C(CN1Cc2cccc(-c3cccc(NC(=O)C4CCOCC4)c3)c2C1)C(N)=O. The van der Waals surface area contributed by atoms with E-state index in [0.29, 0.717) is 25.3 Å². The number of anilines is 1. The first-order valence-electron chi connectivity index (χ1n) is 10.3. The van der Waals surface area contributed by atoms with E-state index in [9.17, 15) is 9.59 Å². The summed E-state index contributed by atoms with van der Waals surface area (Å²) in [6.45, 7) is 7.02. The highest BCUT2D eigenvalue weighted by atomic mass is 16.5. The molecule has 0 aromatic heterocycles. The van der Waals surface area contributed by atoms with E-state index in [4.69, 9.17) is 10.5 Å². The van der Waals surface area contributed by atoms with E-state index in [1.807, 2.05) is 24.3 Å². The molecule has 2 amide bonds. The third-order valence-electron chi connectivity index (χ3n) is 5.84. The van der Waals surface area contributed by atoms with E-state index in [1.165, 1.54) is 11.1 Å². The van der Waals surface area contributed by atoms with Crippen molar-refractivity contribution in [2.24, 2.45) is 11.7 Å². The van der Waals surface area contributed by atoms with Crippen molar-refractivity contribution in [3.05, 3.63) is 65.7 Å². The molecule has 0 spiro atoms. The molecular weight excluding hydrogens is 378 g/mol. The Morgan fingerprint density at radius 2 is 1.90 bits per heavy atom. The Labute approximate surface area is 176 Å². The van der Waals surface area contributed by atoms with Gasteiger partial charge in [-0.25, -0.2) is 0 Å². The maximum Gasteiger partial charge on any atom is 0.245 e. The van der Waals surface area contributed by atoms with E-state index in [2.05, 4.69) is 35.0 Å². The number of carbonyl (C=O) groups is 2. The molecule has 0 saturated carbocycles. The number of amides is 2. The number of rotatable bonds is 6. The van der Waals surface area contributed by atoms with E-state index in [1.54, 1.807) is 0 Å². The molecule has 1 saturated heterocycles. The topological polar surface area (TPSA) is 84.7 Å². The third kappa shape index (κ3) is 4.45. The first kappa shape index (κ1) is 20.3. The highest BCUT2D eigenvalue weighted by Crippen LogP contribution is 2.34. The van der Waals surface area contributed by atoms with E-state index < -0.39 is 5.91 Å². The fourth-order valence-electron chi connectivity index (χ4n) is 4.19. The van der Waals surface area contributed by atoms with Gasteiger partial charge in [0.05, 0.1) is 0 Å². The first-order chi connectivity index (χ1) is 14.5. The standard InChI is InChI=1S/C24H27N3O3/c1-16(23(25)28)13-27-14-19-5-3-7-21(22(19)15-27)18-4-2-6-20(12-18)26-24(29)17-8-10-30-11-9-17/h2-7,12,17H,1,8-11,13-15H2,(H2,25,28)(H,26,29). The van der Waals surface area contributed by atoms with Crippen LogP contribution in [0.5, 0.6) is 0 Å². The van der Waals surface area contributed by atoms with Gasteiger partial charge in [0.15, 0.2) is 0 Å². The predicted octanol–water partition coefficient (Wildman–Crippen LogP) is 3.08. The Morgan fingerprint density at radius 1 is 1.13 bits per heavy atom. The summed E-state index contributed by atoms with van der Waals surface area (Å²) in [5.41, 5.74) is 11.2. The maximum atomic E-state index is 12.6. The molecule has 1 fully saturated rings. The molecule has 0 radical (unpaired) electrons. The van der Waals surface area contributed by atoms with Gasteiger partial charge < -0.3 is 15.8 Å². The summed E-state index contributed by atoms with van der Waals surface area (Å²) >= 11 is 0. The molecule has 2 heterocycles.